The fourth-order valence-corrected chi connectivity index (χ4v) is 0.525. The van der Waals surface area contributed by atoms with E-state index in [0.717, 1.165) is 0 Å². The summed E-state index contributed by atoms with van der Waals surface area (Å²) in [5.41, 5.74) is 0. The molecule has 0 rings (SSSR count). The van der Waals surface area contributed by atoms with Gasteiger partial charge in [-0.3, -0.25) is 4.79 Å². The highest BCUT2D eigenvalue weighted by Crippen LogP contribution is 2.18. The molecule has 0 aromatic heterocycles. The highest BCUT2D eigenvalue weighted by Gasteiger charge is 2.12. The maximum absolute atomic E-state index is 10.0. The van der Waals surface area contributed by atoms with Gasteiger partial charge in [-0.15, -0.1) is 12.4 Å². The van der Waals surface area contributed by atoms with Crippen molar-refractivity contribution in [3.05, 3.63) is 0 Å². The van der Waals surface area contributed by atoms with E-state index in [9.17, 15) is 4.79 Å². The first-order valence-corrected chi connectivity index (χ1v) is 3.31. The Bertz CT molecular complexity index is 109. The molecule has 10 heavy (non-hydrogen) atoms. The minimum atomic E-state index is -0.753. The van der Waals surface area contributed by atoms with E-state index in [1.165, 1.54) is 0 Å². The Morgan fingerprint density at radius 3 is 2.10 bits per heavy atom. The van der Waals surface area contributed by atoms with Gasteiger partial charge in [0.2, 0.25) is 0 Å². The minimum absolute atomic E-state index is 0. The van der Waals surface area contributed by atoms with Crippen LogP contribution < -0.4 is 0 Å². The third-order valence-corrected chi connectivity index (χ3v) is 1.17. The zero-order valence-corrected chi connectivity index (χ0v) is 7.84. The Kier molecular flexibility index (Phi) is 6.19. The molecule has 0 heterocycles. The van der Waals surface area contributed by atoms with Crippen LogP contribution in [0.25, 0.3) is 0 Å². The molecule has 0 aliphatic rings. The summed E-state index contributed by atoms with van der Waals surface area (Å²) >= 11 is 4.17. The van der Waals surface area contributed by atoms with Gasteiger partial charge in [0.1, 0.15) is 0 Å². The quantitative estimate of drug-likeness (QED) is 0.659. The van der Waals surface area contributed by atoms with Crippen molar-refractivity contribution in [2.45, 2.75) is 31.4 Å². The monoisotopic (exact) mass is 184 g/mol. The molecule has 0 bridgehead atoms. The molecule has 0 atom stereocenters. The first-order valence-electron chi connectivity index (χ1n) is 2.86. The van der Waals surface area contributed by atoms with Crippen LogP contribution in [-0.2, 0) is 4.79 Å². The van der Waals surface area contributed by atoms with Crippen LogP contribution in [0.5, 0.6) is 0 Å². The number of hydrogen-bond donors (Lipinski definition) is 2. The van der Waals surface area contributed by atoms with Crippen LogP contribution in [-0.4, -0.2) is 15.8 Å². The van der Waals surface area contributed by atoms with Gasteiger partial charge >= 0.3 is 5.97 Å². The van der Waals surface area contributed by atoms with Gasteiger partial charge in [0.25, 0.3) is 0 Å². The normalized spacial score (nSPS) is 10.3. The van der Waals surface area contributed by atoms with Crippen LogP contribution in [0, 0.1) is 0 Å². The summed E-state index contributed by atoms with van der Waals surface area (Å²) in [7, 11) is 0. The molecule has 0 amide bonds. The molecule has 0 spiro atoms. The van der Waals surface area contributed by atoms with Crippen LogP contribution in [0.1, 0.15) is 26.7 Å². The summed E-state index contributed by atoms with van der Waals surface area (Å²) in [5, 5.41) is 8.24. The molecule has 0 radical (unpaired) electrons. The maximum atomic E-state index is 10.0. The van der Waals surface area contributed by atoms with Crippen molar-refractivity contribution in [2.24, 2.45) is 0 Å². The smallest absolute Gasteiger partial charge is 0.303 e. The Labute approximate surface area is 72.8 Å². The number of thiol groups is 1. The predicted octanol–water partition coefficient (Wildman–Crippen LogP) is 1.98. The lowest BCUT2D eigenvalue weighted by molar-refractivity contribution is -0.137. The first-order chi connectivity index (χ1) is 3.92. The lowest BCUT2D eigenvalue weighted by Crippen LogP contribution is -2.12. The molecule has 0 aliphatic carbocycles. The van der Waals surface area contributed by atoms with Gasteiger partial charge in [-0.25, -0.2) is 0 Å². The lowest BCUT2D eigenvalue weighted by atomic mass is 10.1. The van der Waals surface area contributed by atoms with Crippen LogP contribution in [0.15, 0.2) is 0 Å². The highest BCUT2D eigenvalue weighted by atomic mass is 35.5. The maximum Gasteiger partial charge on any atom is 0.303 e. The number of rotatable bonds is 3. The van der Waals surface area contributed by atoms with Gasteiger partial charge in [-0.1, -0.05) is 13.8 Å². The second-order valence-electron chi connectivity index (χ2n) is 2.71. The standard InChI is InChI=1S/C6H12O2S.ClH/c1-6(2,9)4-3-5(7)8;/h9H,3-4H2,1-2H3,(H,7,8);1H. The fraction of sp³-hybridized carbons (Fsp3) is 0.833. The van der Waals surface area contributed by atoms with Gasteiger partial charge in [0.05, 0.1) is 0 Å². The van der Waals surface area contributed by atoms with E-state index >= 15 is 0 Å². The van der Waals surface area contributed by atoms with Gasteiger partial charge in [-0.2, -0.15) is 12.6 Å². The van der Waals surface area contributed by atoms with Gasteiger partial charge < -0.3 is 5.11 Å². The highest BCUT2D eigenvalue weighted by molar-refractivity contribution is 7.81. The third kappa shape index (κ3) is 11.0. The van der Waals surface area contributed by atoms with Crippen LogP contribution in [0.4, 0.5) is 0 Å². The summed E-state index contributed by atoms with van der Waals surface area (Å²) in [5.74, 6) is -0.753. The van der Waals surface area contributed by atoms with Crippen molar-refractivity contribution >= 4 is 31.0 Å². The molecule has 0 saturated carbocycles. The van der Waals surface area contributed by atoms with Crippen molar-refractivity contribution in [1.82, 2.24) is 0 Å². The van der Waals surface area contributed by atoms with E-state index in [0.29, 0.717) is 6.42 Å². The Morgan fingerprint density at radius 1 is 1.60 bits per heavy atom. The molecule has 62 valence electrons. The van der Waals surface area contributed by atoms with Crippen molar-refractivity contribution in [3.63, 3.8) is 0 Å². The molecule has 0 aliphatic heterocycles. The predicted molar refractivity (Wildman–Crippen MR) is 47.2 cm³/mol. The topological polar surface area (TPSA) is 37.3 Å². The molecule has 0 aromatic rings. The SMILES string of the molecule is CC(C)(S)CCC(=O)O.Cl. The molecule has 0 fully saturated rings. The number of carboxylic acids is 1. The van der Waals surface area contributed by atoms with E-state index in [-0.39, 0.29) is 23.6 Å². The number of hydrogen-bond acceptors (Lipinski definition) is 2. The van der Waals surface area contributed by atoms with Gasteiger partial charge in [0.15, 0.2) is 0 Å². The van der Waals surface area contributed by atoms with E-state index < -0.39 is 5.97 Å². The summed E-state index contributed by atoms with van der Waals surface area (Å²) in [4.78, 5) is 10.0. The van der Waals surface area contributed by atoms with Crippen molar-refractivity contribution in [2.75, 3.05) is 0 Å². The van der Waals surface area contributed by atoms with Crippen molar-refractivity contribution < 1.29 is 9.90 Å². The van der Waals surface area contributed by atoms with Crippen LogP contribution in [0.3, 0.4) is 0 Å². The lowest BCUT2D eigenvalue weighted by Gasteiger charge is -2.14. The molecule has 0 saturated heterocycles. The molecule has 2 nitrogen and oxygen atoms in total. The first kappa shape index (κ1) is 12.8. The van der Waals surface area contributed by atoms with E-state index in [2.05, 4.69) is 12.6 Å². The third-order valence-electron chi connectivity index (χ3n) is 0.951. The van der Waals surface area contributed by atoms with Crippen LogP contribution >= 0.6 is 25.0 Å². The summed E-state index contributed by atoms with van der Waals surface area (Å²) in [6.45, 7) is 3.80. The van der Waals surface area contributed by atoms with E-state index in [1.807, 2.05) is 13.8 Å². The van der Waals surface area contributed by atoms with Crippen molar-refractivity contribution in [3.8, 4) is 0 Å². The number of carboxylic acid groups (broad SMARTS) is 1. The summed E-state index contributed by atoms with van der Waals surface area (Å²) in [6.07, 6.45) is 0.821. The molecule has 0 unspecified atom stereocenters. The van der Waals surface area contributed by atoms with Crippen LogP contribution in [0.2, 0.25) is 0 Å². The van der Waals surface area contributed by atoms with E-state index in [4.69, 9.17) is 5.11 Å². The molecule has 0 aromatic carbocycles. The Hall–Kier alpha value is 0.110. The summed E-state index contributed by atoms with van der Waals surface area (Å²) in [6, 6.07) is 0. The molecule has 1 N–H and O–H groups in total. The molecular weight excluding hydrogens is 172 g/mol. The second-order valence-corrected chi connectivity index (χ2v) is 3.92. The zero-order valence-electron chi connectivity index (χ0n) is 6.13. The Morgan fingerprint density at radius 2 is 2.00 bits per heavy atom. The largest absolute Gasteiger partial charge is 0.481 e. The van der Waals surface area contributed by atoms with Gasteiger partial charge in [0, 0.05) is 11.2 Å². The van der Waals surface area contributed by atoms with Crippen molar-refractivity contribution in [1.29, 1.82) is 0 Å². The number of aliphatic carboxylic acids is 1. The fourth-order valence-electron chi connectivity index (χ4n) is 0.413. The average molecular weight is 185 g/mol. The zero-order chi connectivity index (χ0) is 7.49. The van der Waals surface area contributed by atoms with E-state index in [1.54, 1.807) is 0 Å². The number of carbonyl (C=O) groups is 1. The summed E-state index contributed by atoms with van der Waals surface area (Å²) < 4.78 is -0.154. The second kappa shape index (κ2) is 4.85. The average Bonchev–Trinajstić information content (AvgIpc) is 1.59. The molecule has 4 heteroatoms. The van der Waals surface area contributed by atoms with Gasteiger partial charge in [-0.05, 0) is 6.42 Å². The Balaban J connectivity index is 0. The molecular formula is C6H13ClO2S. The minimum Gasteiger partial charge on any atom is -0.481 e. The number of halogens is 1.